The number of nitrogens with one attached hydrogen (secondary N) is 1. The van der Waals surface area contributed by atoms with Crippen LogP contribution in [0.15, 0.2) is 72.8 Å². The molecule has 0 saturated heterocycles. The zero-order valence-corrected chi connectivity index (χ0v) is 24.9. The van der Waals surface area contributed by atoms with Crippen molar-refractivity contribution in [2.24, 2.45) is 0 Å². The Hall–Kier alpha value is -4.05. The van der Waals surface area contributed by atoms with Crippen molar-refractivity contribution in [3.05, 3.63) is 89.5 Å². The number of hydrogen-bond acceptors (Lipinski definition) is 6. The Balaban J connectivity index is 1.74. The lowest BCUT2D eigenvalue weighted by molar-refractivity contribution is -0.140. The normalized spacial score (nSPS) is 13.4. The van der Waals surface area contributed by atoms with Gasteiger partial charge in [-0.1, -0.05) is 60.2 Å². The Morgan fingerprint density at radius 1 is 0.927 bits per heavy atom. The van der Waals surface area contributed by atoms with E-state index in [-0.39, 0.29) is 31.4 Å². The number of ether oxygens (including phenoxy) is 2. The topological polar surface area (TPSA) is 105 Å². The van der Waals surface area contributed by atoms with E-state index >= 15 is 0 Å². The molecule has 3 aromatic rings. The monoisotopic (exact) mass is 579 g/mol. The van der Waals surface area contributed by atoms with Gasteiger partial charge in [-0.15, -0.1) is 0 Å². The van der Waals surface area contributed by atoms with Crippen LogP contribution >= 0.6 is 0 Å². The van der Waals surface area contributed by atoms with Gasteiger partial charge in [0.2, 0.25) is 28.6 Å². The molecular weight excluding hydrogens is 542 g/mol. The number of rotatable bonds is 10. The third-order valence-corrected chi connectivity index (χ3v) is 7.71. The van der Waals surface area contributed by atoms with Crippen molar-refractivity contribution in [1.82, 2.24) is 10.2 Å². The van der Waals surface area contributed by atoms with Crippen molar-refractivity contribution in [1.29, 1.82) is 0 Å². The first-order valence-corrected chi connectivity index (χ1v) is 15.2. The molecule has 41 heavy (non-hydrogen) atoms. The SMILES string of the molecule is Cc1ccc(CN(C(=O)CN(c2ccc3c(c2)OCO3)S(C)(=O)=O)[C@@H](Cc2ccccc2)C(=O)NC(C)(C)C)cc1. The second-order valence-corrected chi connectivity index (χ2v) is 13.2. The number of anilines is 1. The van der Waals surface area contributed by atoms with Gasteiger partial charge in [-0.3, -0.25) is 13.9 Å². The van der Waals surface area contributed by atoms with Crippen molar-refractivity contribution >= 4 is 27.5 Å². The lowest BCUT2D eigenvalue weighted by atomic mass is 10.0. The third-order valence-electron chi connectivity index (χ3n) is 6.57. The highest BCUT2D eigenvalue weighted by Crippen LogP contribution is 2.36. The van der Waals surface area contributed by atoms with Crippen molar-refractivity contribution < 1.29 is 27.5 Å². The van der Waals surface area contributed by atoms with Crippen LogP contribution < -0.4 is 19.1 Å². The van der Waals surface area contributed by atoms with Crippen LogP contribution in [0.5, 0.6) is 11.5 Å². The molecule has 9 nitrogen and oxygen atoms in total. The number of aryl methyl sites for hydroxylation is 1. The standard InChI is InChI=1S/C31H37N3O6S/c1-22-11-13-24(14-12-22)19-33(26(30(36)32-31(2,3)4)17-23-9-7-6-8-10-23)29(35)20-34(41(5,37)38)25-15-16-27-28(18-25)40-21-39-27/h6-16,18,26H,17,19-21H2,1-5H3,(H,32,36)/t26-/m0/s1. The van der Waals surface area contributed by atoms with Crippen LogP contribution in [0, 0.1) is 6.92 Å². The number of carbonyl (C=O) groups excluding carboxylic acids is 2. The minimum atomic E-state index is -3.89. The predicted octanol–water partition coefficient (Wildman–Crippen LogP) is 4.04. The van der Waals surface area contributed by atoms with E-state index in [1.807, 2.05) is 82.3 Å². The molecule has 0 unspecified atom stereocenters. The van der Waals surface area contributed by atoms with Crippen LogP contribution in [0.25, 0.3) is 0 Å². The van der Waals surface area contributed by atoms with Crippen molar-refractivity contribution in [3.63, 3.8) is 0 Å². The summed E-state index contributed by atoms with van der Waals surface area (Å²) in [4.78, 5) is 29.4. The first-order valence-electron chi connectivity index (χ1n) is 13.4. The van der Waals surface area contributed by atoms with E-state index in [4.69, 9.17) is 9.47 Å². The summed E-state index contributed by atoms with van der Waals surface area (Å²) in [5.41, 5.74) is 2.47. The summed E-state index contributed by atoms with van der Waals surface area (Å²) in [7, 11) is -3.89. The second-order valence-electron chi connectivity index (χ2n) is 11.3. The summed E-state index contributed by atoms with van der Waals surface area (Å²) in [6, 6.07) is 21.0. The number of carbonyl (C=O) groups is 2. The summed E-state index contributed by atoms with van der Waals surface area (Å²) in [5, 5.41) is 3.02. The van der Waals surface area contributed by atoms with Crippen molar-refractivity contribution in [3.8, 4) is 11.5 Å². The summed E-state index contributed by atoms with van der Waals surface area (Å²) >= 11 is 0. The first kappa shape index (κ1) is 29.9. The zero-order chi connectivity index (χ0) is 29.8. The molecule has 1 aliphatic rings. The largest absolute Gasteiger partial charge is 0.454 e. The summed E-state index contributed by atoms with van der Waals surface area (Å²) in [5.74, 6) is 0.0531. The molecule has 0 radical (unpaired) electrons. The number of benzene rings is 3. The Bertz CT molecular complexity index is 1480. The van der Waals surface area contributed by atoms with Crippen LogP contribution in [0.2, 0.25) is 0 Å². The molecule has 1 N–H and O–H groups in total. The van der Waals surface area contributed by atoms with E-state index < -0.39 is 34.1 Å². The van der Waals surface area contributed by atoms with Crippen LogP contribution in [0.3, 0.4) is 0 Å². The molecule has 1 atom stereocenters. The van der Waals surface area contributed by atoms with E-state index in [1.165, 1.54) is 11.0 Å². The molecule has 0 spiro atoms. The molecule has 0 aliphatic carbocycles. The van der Waals surface area contributed by atoms with E-state index in [2.05, 4.69) is 5.32 Å². The van der Waals surface area contributed by atoms with Gasteiger partial charge < -0.3 is 19.7 Å². The fraction of sp³-hybridized carbons (Fsp3) is 0.355. The summed E-state index contributed by atoms with van der Waals surface area (Å²) in [6.45, 7) is 7.25. The molecule has 0 fully saturated rings. The Morgan fingerprint density at radius 3 is 2.22 bits per heavy atom. The average molecular weight is 580 g/mol. The molecular formula is C31H37N3O6S. The molecule has 2 amide bonds. The lowest BCUT2D eigenvalue weighted by Gasteiger charge is -2.35. The van der Waals surface area contributed by atoms with Gasteiger partial charge >= 0.3 is 0 Å². The highest BCUT2D eigenvalue weighted by Gasteiger charge is 2.34. The number of fused-ring (bicyclic) bond motifs is 1. The van der Waals surface area contributed by atoms with E-state index in [9.17, 15) is 18.0 Å². The molecule has 0 aromatic heterocycles. The van der Waals surface area contributed by atoms with Gasteiger partial charge in [-0.25, -0.2) is 8.42 Å². The fourth-order valence-corrected chi connectivity index (χ4v) is 5.39. The maximum Gasteiger partial charge on any atom is 0.244 e. The van der Waals surface area contributed by atoms with Gasteiger partial charge in [0.15, 0.2) is 11.5 Å². The van der Waals surface area contributed by atoms with Gasteiger partial charge in [0.05, 0.1) is 11.9 Å². The third kappa shape index (κ3) is 8.00. The summed E-state index contributed by atoms with van der Waals surface area (Å²) in [6.07, 6.45) is 1.30. The van der Waals surface area contributed by atoms with Gasteiger partial charge in [-0.2, -0.15) is 0 Å². The van der Waals surface area contributed by atoms with Crippen molar-refractivity contribution in [2.45, 2.75) is 52.2 Å². The lowest BCUT2D eigenvalue weighted by Crippen LogP contribution is -2.56. The molecule has 3 aromatic carbocycles. The smallest absolute Gasteiger partial charge is 0.244 e. The zero-order valence-electron chi connectivity index (χ0n) is 24.1. The Labute approximate surface area is 242 Å². The highest BCUT2D eigenvalue weighted by molar-refractivity contribution is 7.92. The Kier molecular flexibility index (Phi) is 8.92. The van der Waals surface area contributed by atoms with Gasteiger partial charge in [0, 0.05) is 24.6 Å². The highest BCUT2D eigenvalue weighted by atomic mass is 32.2. The average Bonchev–Trinajstić information content (AvgIpc) is 3.37. The van der Waals surface area contributed by atoms with Crippen LogP contribution in [0.1, 0.15) is 37.5 Å². The summed E-state index contributed by atoms with van der Waals surface area (Å²) < 4.78 is 37.8. The van der Waals surface area contributed by atoms with Crippen molar-refractivity contribution in [2.75, 3.05) is 23.9 Å². The van der Waals surface area contributed by atoms with E-state index in [0.29, 0.717) is 11.5 Å². The Morgan fingerprint density at radius 2 is 1.59 bits per heavy atom. The quantitative estimate of drug-likeness (QED) is 0.389. The molecule has 1 aliphatic heterocycles. The number of amides is 2. The van der Waals surface area contributed by atoms with Crippen LogP contribution in [0.4, 0.5) is 5.69 Å². The predicted molar refractivity (Wildman–Crippen MR) is 158 cm³/mol. The minimum absolute atomic E-state index is 0.0327. The molecule has 0 saturated carbocycles. The van der Waals surface area contributed by atoms with Gasteiger partial charge in [0.25, 0.3) is 0 Å². The first-order chi connectivity index (χ1) is 19.3. The van der Waals surface area contributed by atoms with E-state index in [1.54, 1.807) is 12.1 Å². The van der Waals surface area contributed by atoms with Gasteiger partial charge in [0.1, 0.15) is 12.6 Å². The van der Waals surface area contributed by atoms with E-state index in [0.717, 1.165) is 27.3 Å². The molecule has 218 valence electrons. The maximum absolute atomic E-state index is 14.2. The molecule has 10 heteroatoms. The minimum Gasteiger partial charge on any atom is -0.454 e. The number of sulfonamides is 1. The van der Waals surface area contributed by atoms with Crippen LogP contribution in [-0.2, 0) is 32.6 Å². The number of hydrogen-bond donors (Lipinski definition) is 1. The molecule has 0 bridgehead atoms. The molecule has 4 rings (SSSR count). The fourth-order valence-electron chi connectivity index (χ4n) is 4.55. The second kappa shape index (κ2) is 12.2. The van der Waals surface area contributed by atoms with Gasteiger partial charge in [-0.05, 0) is 51.0 Å². The maximum atomic E-state index is 14.2. The number of nitrogens with zero attached hydrogens (tertiary/aromatic N) is 2. The van der Waals surface area contributed by atoms with Crippen LogP contribution in [-0.4, -0.2) is 56.3 Å². The molecule has 1 heterocycles.